The van der Waals surface area contributed by atoms with Gasteiger partial charge in [0, 0.05) is 12.1 Å². The van der Waals surface area contributed by atoms with Crippen LogP contribution in [0.25, 0.3) is 10.8 Å². The molecule has 0 saturated heterocycles. The molecular formula is C17H17N3O4S. The van der Waals surface area contributed by atoms with Crippen LogP contribution in [0.15, 0.2) is 51.0 Å². The van der Waals surface area contributed by atoms with Gasteiger partial charge in [0.15, 0.2) is 0 Å². The van der Waals surface area contributed by atoms with Crippen molar-refractivity contribution in [3.05, 3.63) is 52.3 Å². The molecular weight excluding hydrogens is 342 g/mol. The fourth-order valence-corrected chi connectivity index (χ4v) is 2.82. The van der Waals surface area contributed by atoms with Crippen molar-refractivity contribution < 1.29 is 13.9 Å². The number of nitrogens with zero attached hydrogens (tertiary/aromatic N) is 2. The van der Waals surface area contributed by atoms with Gasteiger partial charge < -0.3 is 14.5 Å². The molecule has 0 aliphatic rings. The van der Waals surface area contributed by atoms with Gasteiger partial charge in [0.25, 0.3) is 5.89 Å². The Bertz CT molecular complexity index is 882. The van der Waals surface area contributed by atoms with Gasteiger partial charge in [-0.3, -0.25) is 4.79 Å². The Balaban J connectivity index is 1.56. The molecule has 0 bridgehead atoms. The number of aromatic nitrogens is 2. The zero-order chi connectivity index (χ0) is 17.6. The molecule has 0 saturated carbocycles. The van der Waals surface area contributed by atoms with Gasteiger partial charge in [0.1, 0.15) is 5.75 Å². The summed E-state index contributed by atoms with van der Waals surface area (Å²) in [5.41, 5.74) is 0.667. The lowest BCUT2D eigenvalue weighted by Gasteiger charge is -2.06. The molecule has 3 rings (SSSR count). The molecule has 1 N–H and O–H groups in total. The second-order valence-corrected chi connectivity index (χ2v) is 6.08. The smallest absolute Gasteiger partial charge is 0.437 e. The topological polar surface area (TPSA) is 86.4 Å². The zero-order valence-electron chi connectivity index (χ0n) is 13.6. The standard InChI is InChI=1S/C17H17N3O4S/c1-2-23-13-7-5-12(6-8-13)18-15(21)9-10-20-17(22)24-16(19-20)14-4-3-11-25-14/h3-8,11H,2,9-10H2,1H3,(H,18,21). The number of carbonyl (C=O) groups is 1. The average molecular weight is 359 g/mol. The molecule has 0 fully saturated rings. The van der Waals surface area contributed by atoms with Crippen molar-refractivity contribution in [3.8, 4) is 16.5 Å². The van der Waals surface area contributed by atoms with Gasteiger partial charge in [-0.2, -0.15) is 4.68 Å². The maximum absolute atomic E-state index is 12.0. The van der Waals surface area contributed by atoms with Crippen LogP contribution in [0.1, 0.15) is 13.3 Å². The Hall–Kier alpha value is -2.87. The van der Waals surface area contributed by atoms with Crippen molar-refractivity contribution >= 4 is 22.9 Å². The van der Waals surface area contributed by atoms with E-state index in [1.165, 1.54) is 11.3 Å². The summed E-state index contributed by atoms with van der Waals surface area (Å²) in [7, 11) is 0. The molecule has 8 heteroatoms. The summed E-state index contributed by atoms with van der Waals surface area (Å²) in [5.74, 6) is 0.233. The Morgan fingerprint density at radius 1 is 1.32 bits per heavy atom. The number of amides is 1. The molecule has 1 aromatic carbocycles. The highest BCUT2D eigenvalue weighted by Crippen LogP contribution is 2.21. The van der Waals surface area contributed by atoms with Crippen LogP contribution in [-0.4, -0.2) is 22.3 Å². The van der Waals surface area contributed by atoms with E-state index < -0.39 is 5.76 Å². The van der Waals surface area contributed by atoms with Gasteiger partial charge in [0.05, 0.1) is 18.0 Å². The molecule has 0 unspecified atom stereocenters. The first-order valence-corrected chi connectivity index (χ1v) is 8.68. The van der Waals surface area contributed by atoms with Crippen LogP contribution in [0, 0.1) is 0 Å². The predicted molar refractivity (Wildman–Crippen MR) is 94.9 cm³/mol. The van der Waals surface area contributed by atoms with Gasteiger partial charge >= 0.3 is 5.76 Å². The third kappa shape index (κ3) is 4.36. The molecule has 2 heterocycles. The molecule has 1 amide bonds. The summed E-state index contributed by atoms with van der Waals surface area (Å²) >= 11 is 1.43. The zero-order valence-corrected chi connectivity index (χ0v) is 14.4. The number of hydrogen-bond acceptors (Lipinski definition) is 6. The third-order valence-corrected chi connectivity index (χ3v) is 4.20. The maximum atomic E-state index is 12.0. The minimum absolute atomic E-state index is 0.115. The lowest BCUT2D eigenvalue weighted by molar-refractivity contribution is -0.116. The average Bonchev–Trinajstić information content (AvgIpc) is 3.25. The number of nitrogens with one attached hydrogen (secondary N) is 1. The van der Waals surface area contributed by atoms with Crippen molar-refractivity contribution in [2.24, 2.45) is 0 Å². The minimum atomic E-state index is -0.572. The van der Waals surface area contributed by atoms with Crippen LogP contribution >= 0.6 is 11.3 Å². The van der Waals surface area contributed by atoms with E-state index in [2.05, 4.69) is 10.4 Å². The van der Waals surface area contributed by atoms with Crippen molar-refractivity contribution in [3.63, 3.8) is 0 Å². The third-order valence-electron chi connectivity index (χ3n) is 3.34. The summed E-state index contributed by atoms with van der Waals surface area (Å²) in [4.78, 5) is 24.6. The van der Waals surface area contributed by atoms with E-state index in [9.17, 15) is 9.59 Å². The van der Waals surface area contributed by atoms with Crippen molar-refractivity contribution in [2.75, 3.05) is 11.9 Å². The van der Waals surface area contributed by atoms with Crippen molar-refractivity contribution in [2.45, 2.75) is 19.9 Å². The minimum Gasteiger partial charge on any atom is -0.494 e. The largest absolute Gasteiger partial charge is 0.494 e. The van der Waals surface area contributed by atoms with Gasteiger partial charge in [-0.1, -0.05) is 6.07 Å². The normalized spacial score (nSPS) is 10.6. The first-order chi connectivity index (χ1) is 12.2. The van der Waals surface area contributed by atoms with Crippen LogP contribution in [-0.2, 0) is 11.3 Å². The number of anilines is 1. The number of hydrogen-bond donors (Lipinski definition) is 1. The molecule has 7 nitrogen and oxygen atoms in total. The van der Waals surface area contributed by atoms with E-state index >= 15 is 0 Å². The van der Waals surface area contributed by atoms with Crippen molar-refractivity contribution in [1.29, 1.82) is 0 Å². The number of carbonyl (C=O) groups excluding carboxylic acids is 1. The number of ether oxygens (including phenoxy) is 1. The first-order valence-electron chi connectivity index (χ1n) is 7.80. The van der Waals surface area contributed by atoms with E-state index in [1.54, 1.807) is 24.3 Å². The number of rotatable bonds is 7. The highest BCUT2D eigenvalue weighted by Gasteiger charge is 2.12. The maximum Gasteiger partial charge on any atom is 0.437 e. The van der Waals surface area contributed by atoms with E-state index in [1.807, 2.05) is 24.4 Å². The van der Waals surface area contributed by atoms with Gasteiger partial charge in [-0.05, 0) is 42.6 Å². The van der Waals surface area contributed by atoms with Crippen molar-refractivity contribution in [1.82, 2.24) is 9.78 Å². The Morgan fingerprint density at radius 2 is 2.12 bits per heavy atom. The molecule has 0 atom stereocenters. The SMILES string of the molecule is CCOc1ccc(NC(=O)CCn2nc(-c3cccs3)oc2=O)cc1. The van der Waals surface area contributed by atoms with E-state index in [4.69, 9.17) is 9.15 Å². The Morgan fingerprint density at radius 3 is 2.80 bits per heavy atom. The summed E-state index contributed by atoms with van der Waals surface area (Å²) < 4.78 is 11.6. The van der Waals surface area contributed by atoms with Gasteiger partial charge in [0.2, 0.25) is 5.91 Å². The van der Waals surface area contributed by atoms with E-state index in [0.29, 0.717) is 12.3 Å². The lowest BCUT2D eigenvalue weighted by atomic mass is 10.3. The Kier molecular flexibility index (Phi) is 5.30. The first kappa shape index (κ1) is 17.0. The quantitative estimate of drug-likeness (QED) is 0.701. The summed E-state index contributed by atoms with van der Waals surface area (Å²) in [5, 5.41) is 8.76. The highest BCUT2D eigenvalue weighted by molar-refractivity contribution is 7.13. The fourth-order valence-electron chi connectivity index (χ4n) is 2.18. The van der Waals surface area contributed by atoms with Gasteiger partial charge in [-0.15, -0.1) is 16.4 Å². The molecule has 130 valence electrons. The summed E-state index contributed by atoms with van der Waals surface area (Å²) in [6.45, 7) is 2.65. The van der Waals surface area contributed by atoms with E-state index in [-0.39, 0.29) is 24.8 Å². The predicted octanol–water partition coefficient (Wildman–Crippen LogP) is 2.99. The summed E-state index contributed by atoms with van der Waals surface area (Å²) in [6, 6.07) is 10.8. The molecule has 25 heavy (non-hydrogen) atoms. The number of benzene rings is 1. The van der Waals surface area contributed by atoms with Crippen LogP contribution in [0.5, 0.6) is 5.75 Å². The second kappa shape index (κ2) is 7.80. The van der Waals surface area contributed by atoms with Crippen LogP contribution in [0.4, 0.5) is 5.69 Å². The number of thiophene rings is 1. The van der Waals surface area contributed by atoms with Gasteiger partial charge in [-0.25, -0.2) is 4.79 Å². The lowest BCUT2D eigenvalue weighted by Crippen LogP contribution is -2.20. The Labute approximate surface area is 147 Å². The molecule has 0 spiro atoms. The molecule has 0 aliphatic heterocycles. The van der Waals surface area contributed by atoms with E-state index in [0.717, 1.165) is 15.3 Å². The monoisotopic (exact) mass is 359 g/mol. The van der Waals surface area contributed by atoms with Crippen LogP contribution in [0.2, 0.25) is 0 Å². The highest BCUT2D eigenvalue weighted by atomic mass is 32.1. The van der Waals surface area contributed by atoms with Crippen LogP contribution < -0.4 is 15.8 Å². The number of aryl methyl sites for hydroxylation is 1. The fraction of sp³-hybridized carbons (Fsp3) is 0.235. The molecule has 3 aromatic rings. The second-order valence-electron chi connectivity index (χ2n) is 5.13. The summed E-state index contributed by atoms with van der Waals surface area (Å²) in [6.07, 6.45) is 0.115. The molecule has 2 aromatic heterocycles. The van der Waals surface area contributed by atoms with Crippen LogP contribution in [0.3, 0.4) is 0 Å². The molecule has 0 radical (unpaired) electrons. The molecule has 0 aliphatic carbocycles.